The van der Waals surface area contributed by atoms with Crippen molar-refractivity contribution < 1.29 is 0 Å². The van der Waals surface area contributed by atoms with E-state index in [0.29, 0.717) is 0 Å². The Bertz CT molecular complexity index is 1180. The SMILES string of the molecule is [c]1ccccc1-c1cccc(-c2cccc3c2sc2ccccc23)c1. The fraction of sp³-hybridized carbons (Fsp3) is 0. The summed E-state index contributed by atoms with van der Waals surface area (Å²) in [5.41, 5.74) is 4.90. The van der Waals surface area contributed by atoms with E-state index in [4.69, 9.17) is 0 Å². The van der Waals surface area contributed by atoms with Crippen LogP contribution in [0.5, 0.6) is 0 Å². The fourth-order valence-corrected chi connectivity index (χ4v) is 4.64. The van der Waals surface area contributed by atoms with Gasteiger partial charge in [0, 0.05) is 20.2 Å². The Hall–Kier alpha value is -2.90. The lowest BCUT2D eigenvalue weighted by Crippen LogP contribution is -1.81. The average Bonchev–Trinajstić information content (AvgIpc) is 3.07. The van der Waals surface area contributed by atoms with Crippen LogP contribution in [0.15, 0.2) is 91.0 Å². The molecule has 0 saturated heterocycles. The lowest BCUT2D eigenvalue weighted by Gasteiger charge is -2.07. The quantitative estimate of drug-likeness (QED) is 0.320. The van der Waals surface area contributed by atoms with Crippen LogP contribution in [-0.2, 0) is 0 Å². The Morgan fingerprint density at radius 3 is 2.36 bits per heavy atom. The summed E-state index contributed by atoms with van der Waals surface area (Å²) in [6.07, 6.45) is 0. The molecule has 0 amide bonds. The molecule has 0 bridgehead atoms. The van der Waals surface area contributed by atoms with Crippen molar-refractivity contribution in [1.29, 1.82) is 0 Å². The Morgan fingerprint density at radius 1 is 0.640 bits per heavy atom. The minimum atomic E-state index is 1.13. The van der Waals surface area contributed by atoms with Gasteiger partial charge in [-0.2, -0.15) is 0 Å². The molecule has 0 nitrogen and oxygen atoms in total. The molecule has 5 rings (SSSR count). The zero-order valence-electron chi connectivity index (χ0n) is 13.6. The lowest BCUT2D eigenvalue weighted by molar-refractivity contribution is 1.60. The topological polar surface area (TPSA) is 0 Å². The van der Waals surface area contributed by atoms with E-state index in [2.05, 4.69) is 84.9 Å². The number of hydrogen-bond donors (Lipinski definition) is 0. The smallest absolute Gasteiger partial charge is 0.0433 e. The van der Waals surface area contributed by atoms with Crippen molar-refractivity contribution in [3.63, 3.8) is 0 Å². The second kappa shape index (κ2) is 5.87. The molecule has 0 spiro atoms. The third-order valence-electron chi connectivity index (χ3n) is 4.60. The summed E-state index contributed by atoms with van der Waals surface area (Å²) in [5.74, 6) is 0. The zero-order chi connectivity index (χ0) is 16.6. The van der Waals surface area contributed by atoms with Crippen molar-refractivity contribution in [2.45, 2.75) is 0 Å². The molecule has 0 N–H and O–H groups in total. The van der Waals surface area contributed by atoms with E-state index in [0.717, 1.165) is 5.56 Å². The van der Waals surface area contributed by atoms with Gasteiger partial charge in [-0.15, -0.1) is 11.3 Å². The zero-order valence-corrected chi connectivity index (χ0v) is 14.4. The van der Waals surface area contributed by atoms with Gasteiger partial charge in [0.05, 0.1) is 0 Å². The first-order chi connectivity index (χ1) is 12.4. The van der Waals surface area contributed by atoms with Crippen molar-refractivity contribution in [2.75, 3.05) is 0 Å². The molecule has 1 heterocycles. The van der Waals surface area contributed by atoms with E-state index in [1.165, 1.54) is 36.9 Å². The van der Waals surface area contributed by atoms with Gasteiger partial charge in [0.25, 0.3) is 0 Å². The molecule has 5 aromatic rings. The van der Waals surface area contributed by atoms with Crippen LogP contribution in [0.3, 0.4) is 0 Å². The monoisotopic (exact) mass is 335 g/mol. The van der Waals surface area contributed by atoms with Gasteiger partial charge in [-0.3, -0.25) is 0 Å². The molecule has 4 aromatic carbocycles. The summed E-state index contributed by atoms with van der Waals surface area (Å²) in [6, 6.07) is 35.5. The van der Waals surface area contributed by atoms with Crippen LogP contribution in [0.2, 0.25) is 0 Å². The summed E-state index contributed by atoms with van der Waals surface area (Å²) < 4.78 is 2.70. The van der Waals surface area contributed by atoms with Gasteiger partial charge < -0.3 is 0 Å². The minimum absolute atomic E-state index is 1.13. The molecular formula is C24H15S. The van der Waals surface area contributed by atoms with Crippen LogP contribution in [-0.4, -0.2) is 0 Å². The molecule has 1 aromatic heterocycles. The van der Waals surface area contributed by atoms with Crippen molar-refractivity contribution in [3.8, 4) is 22.3 Å². The van der Waals surface area contributed by atoms with E-state index in [1.54, 1.807) is 0 Å². The number of thiophene rings is 1. The van der Waals surface area contributed by atoms with Crippen molar-refractivity contribution >= 4 is 31.5 Å². The predicted octanol–water partition coefficient (Wildman–Crippen LogP) is 7.19. The summed E-state index contributed by atoms with van der Waals surface area (Å²) in [5, 5.41) is 2.69. The van der Waals surface area contributed by atoms with Crippen LogP contribution in [0.25, 0.3) is 42.4 Å². The largest absolute Gasteiger partial charge is 0.135 e. The van der Waals surface area contributed by atoms with Crippen LogP contribution in [0.4, 0.5) is 0 Å². The second-order valence-electron chi connectivity index (χ2n) is 6.14. The highest BCUT2D eigenvalue weighted by atomic mass is 32.1. The van der Waals surface area contributed by atoms with E-state index >= 15 is 0 Å². The van der Waals surface area contributed by atoms with Crippen molar-refractivity contribution in [3.05, 3.63) is 97.1 Å². The second-order valence-corrected chi connectivity index (χ2v) is 7.19. The molecule has 1 radical (unpaired) electrons. The van der Waals surface area contributed by atoms with Crippen LogP contribution in [0, 0.1) is 6.07 Å². The first-order valence-corrected chi connectivity index (χ1v) is 9.19. The van der Waals surface area contributed by atoms with Gasteiger partial charge in [0.15, 0.2) is 0 Å². The molecule has 0 aliphatic rings. The van der Waals surface area contributed by atoms with Gasteiger partial charge in [0.1, 0.15) is 0 Å². The van der Waals surface area contributed by atoms with E-state index in [-0.39, 0.29) is 0 Å². The summed E-state index contributed by atoms with van der Waals surface area (Å²) in [7, 11) is 0. The van der Waals surface area contributed by atoms with Crippen LogP contribution >= 0.6 is 11.3 Å². The van der Waals surface area contributed by atoms with Gasteiger partial charge >= 0.3 is 0 Å². The third-order valence-corrected chi connectivity index (χ3v) is 5.82. The standard InChI is InChI=1S/C24H15S/c1-2-8-17(9-3-1)18-10-6-11-19(16-18)20-13-7-14-22-21-12-4-5-15-23(21)25-24(20)22/h1-8,10-16H. The van der Waals surface area contributed by atoms with Gasteiger partial charge in [-0.05, 0) is 40.5 Å². The number of hydrogen-bond acceptors (Lipinski definition) is 1. The minimum Gasteiger partial charge on any atom is -0.135 e. The van der Waals surface area contributed by atoms with Gasteiger partial charge in [0.2, 0.25) is 0 Å². The highest BCUT2D eigenvalue weighted by Crippen LogP contribution is 2.40. The molecule has 0 aliphatic carbocycles. The molecule has 0 atom stereocenters. The fourth-order valence-electron chi connectivity index (χ4n) is 3.40. The van der Waals surface area contributed by atoms with E-state index < -0.39 is 0 Å². The summed E-state index contributed by atoms with van der Waals surface area (Å²) in [4.78, 5) is 0. The van der Waals surface area contributed by atoms with Crippen LogP contribution in [0.1, 0.15) is 0 Å². The molecule has 0 saturated carbocycles. The lowest BCUT2D eigenvalue weighted by atomic mass is 9.98. The van der Waals surface area contributed by atoms with Crippen LogP contribution < -0.4 is 0 Å². The Labute approximate surface area is 151 Å². The molecule has 117 valence electrons. The summed E-state index contributed by atoms with van der Waals surface area (Å²) in [6.45, 7) is 0. The maximum absolute atomic E-state index is 3.32. The normalized spacial score (nSPS) is 11.2. The van der Waals surface area contributed by atoms with Crippen molar-refractivity contribution in [2.24, 2.45) is 0 Å². The first-order valence-electron chi connectivity index (χ1n) is 8.38. The highest BCUT2D eigenvalue weighted by molar-refractivity contribution is 7.26. The van der Waals surface area contributed by atoms with Crippen molar-refractivity contribution in [1.82, 2.24) is 0 Å². The molecule has 1 heteroatoms. The van der Waals surface area contributed by atoms with Gasteiger partial charge in [-0.25, -0.2) is 0 Å². The number of fused-ring (bicyclic) bond motifs is 3. The predicted molar refractivity (Wildman–Crippen MR) is 109 cm³/mol. The average molecular weight is 335 g/mol. The molecule has 0 unspecified atom stereocenters. The Kier molecular flexibility index (Phi) is 3.39. The Morgan fingerprint density at radius 2 is 1.44 bits per heavy atom. The third kappa shape index (κ3) is 2.45. The highest BCUT2D eigenvalue weighted by Gasteiger charge is 2.10. The Balaban J connectivity index is 1.74. The molecule has 25 heavy (non-hydrogen) atoms. The molecule has 0 aliphatic heterocycles. The summed E-state index contributed by atoms with van der Waals surface area (Å²) >= 11 is 1.88. The number of rotatable bonds is 2. The first kappa shape index (κ1) is 14.4. The maximum Gasteiger partial charge on any atom is 0.0433 e. The van der Waals surface area contributed by atoms with E-state index in [1.807, 2.05) is 23.5 Å². The maximum atomic E-state index is 3.32. The number of benzene rings is 4. The molecular weight excluding hydrogens is 320 g/mol. The van der Waals surface area contributed by atoms with Gasteiger partial charge in [-0.1, -0.05) is 78.9 Å². The van der Waals surface area contributed by atoms with E-state index in [9.17, 15) is 0 Å². The molecule has 0 fully saturated rings.